The Bertz CT molecular complexity index is 638. The van der Waals surface area contributed by atoms with E-state index in [-0.39, 0.29) is 5.91 Å². The third kappa shape index (κ3) is 4.46. The Labute approximate surface area is 138 Å². The van der Waals surface area contributed by atoms with E-state index in [1.54, 1.807) is 6.92 Å². The fourth-order valence-corrected chi connectivity index (χ4v) is 2.52. The molecule has 0 radical (unpaired) electrons. The molecule has 0 saturated carbocycles. The van der Waals surface area contributed by atoms with Gasteiger partial charge in [0.05, 0.1) is 0 Å². The Hall–Kier alpha value is -1.56. The highest BCUT2D eigenvalue weighted by molar-refractivity contribution is 14.1. The molecule has 0 spiro atoms. The molecule has 4 heteroatoms. The summed E-state index contributed by atoms with van der Waals surface area (Å²) in [7, 11) is 0. The van der Waals surface area contributed by atoms with Crippen LogP contribution in [0.3, 0.4) is 0 Å². The van der Waals surface area contributed by atoms with Crippen molar-refractivity contribution < 1.29 is 9.53 Å². The molecule has 0 unspecified atom stereocenters. The van der Waals surface area contributed by atoms with Crippen molar-refractivity contribution in [3.05, 3.63) is 57.2 Å². The van der Waals surface area contributed by atoms with Crippen molar-refractivity contribution in [3.8, 4) is 5.75 Å². The molecule has 0 saturated heterocycles. The molecule has 0 aliphatic carbocycles. The molecule has 0 fully saturated rings. The van der Waals surface area contributed by atoms with Crippen molar-refractivity contribution in [1.82, 2.24) is 0 Å². The van der Waals surface area contributed by atoms with Crippen LogP contribution in [0, 0.1) is 17.4 Å². The normalized spacial score (nSPS) is 11.8. The monoisotopic (exact) mass is 395 g/mol. The van der Waals surface area contributed by atoms with Crippen LogP contribution in [0.5, 0.6) is 5.75 Å². The fraction of sp³-hybridized carbons (Fsp3) is 0.235. The van der Waals surface area contributed by atoms with E-state index in [2.05, 4.69) is 27.9 Å². The smallest absolute Gasteiger partial charge is 0.265 e. The Morgan fingerprint density at radius 2 is 1.81 bits per heavy atom. The van der Waals surface area contributed by atoms with Gasteiger partial charge in [0, 0.05) is 9.26 Å². The first kappa shape index (κ1) is 15.8. The van der Waals surface area contributed by atoms with Crippen molar-refractivity contribution in [2.75, 3.05) is 5.32 Å². The molecule has 1 atom stereocenters. The second-order valence-corrected chi connectivity index (χ2v) is 6.27. The zero-order valence-corrected chi connectivity index (χ0v) is 14.5. The third-order valence-electron chi connectivity index (χ3n) is 3.15. The number of benzene rings is 2. The average molecular weight is 395 g/mol. The highest BCUT2D eigenvalue weighted by Crippen LogP contribution is 2.19. The summed E-state index contributed by atoms with van der Waals surface area (Å²) in [4.78, 5) is 12.2. The highest BCUT2D eigenvalue weighted by atomic mass is 127. The summed E-state index contributed by atoms with van der Waals surface area (Å²) in [6, 6.07) is 13.6. The number of amides is 1. The minimum atomic E-state index is -0.550. The summed E-state index contributed by atoms with van der Waals surface area (Å²) in [5.74, 6) is 0.544. The predicted molar refractivity (Wildman–Crippen MR) is 93.8 cm³/mol. The van der Waals surface area contributed by atoms with Gasteiger partial charge in [-0.05, 0) is 79.3 Å². The van der Waals surface area contributed by atoms with Crippen LogP contribution in [0.25, 0.3) is 0 Å². The molecule has 0 heterocycles. The van der Waals surface area contributed by atoms with E-state index in [1.807, 2.05) is 56.3 Å². The molecular formula is C17H18INO2. The van der Waals surface area contributed by atoms with Crippen molar-refractivity contribution in [2.45, 2.75) is 26.9 Å². The van der Waals surface area contributed by atoms with Crippen LogP contribution >= 0.6 is 22.6 Å². The van der Waals surface area contributed by atoms with Gasteiger partial charge in [-0.2, -0.15) is 0 Å². The number of aryl methyl sites for hydroxylation is 2. The molecule has 21 heavy (non-hydrogen) atoms. The fourth-order valence-electron chi connectivity index (χ4n) is 1.88. The summed E-state index contributed by atoms with van der Waals surface area (Å²) < 4.78 is 6.80. The van der Waals surface area contributed by atoms with Gasteiger partial charge in [0.2, 0.25) is 0 Å². The van der Waals surface area contributed by atoms with Crippen molar-refractivity contribution >= 4 is 34.2 Å². The Kier molecular flexibility index (Phi) is 5.22. The molecule has 2 aromatic carbocycles. The number of hydrogen-bond acceptors (Lipinski definition) is 2. The van der Waals surface area contributed by atoms with Crippen LogP contribution in [-0.4, -0.2) is 12.0 Å². The minimum Gasteiger partial charge on any atom is -0.481 e. The summed E-state index contributed by atoms with van der Waals surface area (Å²) in [5.41, 5.74) is 3.02. The zero-order valence-electron chi connectivity index (χ0n) is 12.3. The lowest BCUT2D eigenvalue weighted by Gasteiger charge is -2.16. The maximum atomic E-state index is 12.2. The zero-order chi connectivity index (χ0) is 15.4. The number of carbonyl (C=O) groups is 1. The van der Waals surface area contributed by atoms with E-state index in [0.29, 0.717) is 5.75 Å². The van der Waals surface area contributed by atoms with Gasteiger partial charge in [-0.15, -0.1) is 0 Å². The lowest BCUT2D eigenvalue weighted by atomic mass is 10.2. The van der Waals surface area contributed by atoms with Crippen molar-refractivity contribution in [2.24, 2.45) is 0 Å². The molecule has 0 aliphatic heterocycles. The molecule has 1 amide bonds. The van der Waals surface area contributed by atoms with Gasteiger partial charge in [0.25, 0.3) is 5.91 Å². The van der Waals surface area contributed by atoms with Crippen LogP contribution in [0.4, 0.5) is 5.69 Å². The number of carbonyl (C=O) groups excluding carboxylic acids is 1. The molecule has 3 nitrogen and oxygen atoms in total. The molecule has 0 aliphatic rings. The molecular weight excluding hydrogens is 377 g/mol. The van der Waals surface area contributed by atoms with Gasteiger partial charge >= 0.3 is 0 Å². The summed E-state index contributed by atoms with van der Waals surface area (Å²) in [5, 5.41) is 2.90. The SMILES string of the molecule is Cc1ccc(O[C@H](C)C(=O)Nc2ccc(I)cc2C)cc1. The second-order valence-electron chi connectivity index (χ2n) is 5.02. The summed E-state index contributed by atoms with van der Waals surface area (Å²) in [6.07, 6.45) is -0.550. The minimum absolute atomic E-state index is 0.153. The van der Waals surface area contributed by atoms with Gasteiger partial charge in [0.15, 0.2) is 6.10 Å². The van der Waals surface area contributed by atoms with Crippen LogP contribution in [0.15, 0.2) is 42.5 Å². The average Bonchev–Trinajstić information content (AvgIpc) is 2.44. The number of halogens is 1. The Morgan fingerprint density at radius 3 is 2.43 bits per heavy atom. The topological polar surface area (TPSA) is 38.3 Å². The molecule has 110 valence electrons. The van der Waals surface area contributed by atoms with E-state index >= 15 is 0 Å². The van der Waals surface area contributed by atoms with E-state index in [1.165, 1.54) is 0 Å². The van der Waals surface area contributed by atoms with Gasteiger partial charge < -0.3 is 10.1 Å². The first-order chi connectivity index (χ1) is 9.95. The number of nitrogens with one attached hydrogen (secondary N) is 1. The maximum absolute atomic E-state index is 12.2. The standard InChI is InChI=1S/C17H18INO2/c1-11-4-7-15(8-5-11)21-13(3)17(20)19-16-9-6-14(18)10-12(16)2/h4-10,13H,1-3H3,(H,19,20)/t13-/m1/s1. The van der Waals surface area contributed by atoms with E-state index in [9.17, 15) is 4.79 Å². The van der Waals surface area contributed by atoms with Gasteiger partial charge in [-0.1, -0.05) is 17.7 Å². The Morgan fingerprint density at radius 1 is 1.14 bits per heavy atom. The Balaban J connectivity index is 2.00. The van der Waals surface area contributed by atoms with E-state index in [4.69, 9.17) is 4.74 Å². The second kappa shape index (κ2) is 6.93. The highest BCUT2D eigenvalue weighted by Gasteiger charge is 2.15. The molecule has 2 rings (SSSR count). The van der Waals surface area contributed by atoms with Crippen molar-refractivity contribution in [3.63, 3.8) is 0 Å². The van der Waals surface area contributed by atoms with Crippen LogP contribution in [-0.2, 0) is 4.79 Å². The first-order valence-electron chi connectivity index (χ1n) is 6.76. The first-order valence-corrected chi connectivity index (χ1v) is 7.84. The number of hydrogen-bond donors (Lipinski definition) is 1. The van der Waals surface area contributed by atoms with Crippen LogP contribution in [0.2, 0.25) is 0 Å². The lowest BCUT2D eigenvalue weighted by molar-refractivity contribution is -0.122. The van der Waals surface area contributed by atoms with Gasteiger partial charge in [-0.25, -0.2) is 0 Å². The van der Waals surface area contributed by atoms with Crippen LogP contribution < -0.4 is 10.1 Å². The molecule has 0 bridgehead atoms. The number of ether oxygens (including phenoxy) is 1. The third-order valence-corrected chi connectivity index (χ3v) is 3.82. The largest absolute Gasteiger partial charge is 0.481 e. The molecule has 2 aromatic rings. The quantitative estimate of drug-likeness (QED) is 0.784. The van der Waals surface area contributed by atoms with Gasteiger partial charge in [-0.3, -0.25) is 4.79 Å². The van der Waals surface area contributed by atoms with E-state index < -0.39 is 6.10 Å². The number of anilines is 1. The summed E-state index contributed by atoms with van der Waals surface area (Å²) >= 11 is 2.25. The lowest BCUT2D eigenvalue weighted by Crippen LogP contribution is -2.30. The van der Waals surface area contributed by atoms with Gasteiger partial charge in [0.1, 0.15) is 5.75 Å². The molecule has 1 N–H and O–H groups in total. The van der Waals surface area contributed by atoms with E-state index in [0.717, 1.165) is 20.4 Å². The maximum Gasteiger partial charge on any atom is 0.265 e. The summed E-state index contributed by atoms with van der Waals surface area (Å²) in [6.45, 7) is 5.74. The van der Waals surface area contributed by atoms with Crippen LogP contribution in [0.1, 0.15) is 18.1 Å². The molecule has 0 aromatic heterocycles. The van der Waals surface area contributed by atoms with Crippen molar-refractivity contribution in [1.29, 1.82) is 0 Å². The predicted octanol–water partition coefficient (Wildman–Crippen LogP) is 4.31. The number of rotatable bonds is 4.